The lowest BCUT2D eigenvalue weighted by Gasteiger charge is -2.37. The molecule has 1 aromatic heterocycles. The van der Waals surface area contributed by atoms with Crippen molar-refractivity contribution < 1.29 is 19.4 Å². The molecule has 114 valence electrons. The maximum Gasteiger partial charge on any atom is 0.356 e. The average molecular weight is 292 g/mol. The Hall–Kier alpha value is -2.11. The van der Waals surface area contributed by atoms with E-state index in [-0.39, 0.29) is 5.69 Å². The van der Waals surface area contributed by atoms with Gasteiger partial charge >= 0.3 is 11.9 Å². The summed E-state index contributed by atoms with van der Waals surface area (Å²) in [6, 6.07) is 3.19. The second kappa shape index (κ2) is 6.11. The van der Waals surface area contributed by atoms with Crippen LogP contribution in [0.15, 0.2) is 18.3 Å². The Morgan fingerprint density at radius 3 is 2.90 bits per heavy atom. The zero-order chi connectivity index (χ0) is 15.5. The van der Waals surface area contributed by atoms with Gasteiger partial charge in [0.25, 0.3) is 0 Å². The number of hydrogen-bond acceptors (Lipinski definition) is 5. The van der Waals surface area contributed by atoms with Crippen LogP contribution in [-0.4, -0.2) is 34.7 Å². The van der Waals surface area contributed by atoms with E-state index >= 15 is 0 Å². The highest BCUT2D eigenvalue weighted by atomic mass is 16.5. The van der Waals surface area contributed by atoms with Crippen molar-refractivity contribution >= 4 is 17.6 Å². The number of nitrogens with zero attached hydrogens (tertiary/aromatic N) is 1. The van der Waals surface area contributed by atoms with E-state index in [0.717, 1.165) is 12.8 Å². The summed E-state index contributed by atoms with van der Waals surface area (Å²) in [6.07, 6.45) is 4.52. The van der Waals surface area contributed by atoms with Crippen molar-refractivity contribution in [1.82, 2.24) is 4.98 Å². The van der Waals surface area contributed by atoms with E-state index in [0.29, 0.717) is 24.4 Å². The monoisotopic (exact) mass is 292 g/mol. The highest BCUT2D eigenvalue weighted by Gasteiger charge is 2.41. The number of aliphatic carboxylic acids is 1. The normalized spacial score (nSPS) is 25.1. The SMILES string of the molecule is COC(=O)c1cc(NC2(C(=O)O)CCCC(C)C2)ccn1. The lowest BCUT2D eigenvalue weighted by molar-refractivity contribution is -0.144. The Kier molecular flexibility index (Phi) is 4.45. The van der Waals surface area contributed by atoms with Gasteiger partial charge in [-0.2, -0.15) is 0 Å². The molecule has 0 spiro atoms. The average Bonchev–Trinajstić information content (AvgIpc) is 2.46. The van der Waals surface area contributed by atoms with Crippen molar-refractivity contribution in [3.05, 3.63) is 24.0 Å². The Morgan fingerprint density at radius 1 is 1.52 bits per heavy atom. The third kappa shape index (κ3) is 3.32. The van der Waals surface area contributed by atoms with Gasteiger partial charge < -0.3 is 15.2 Å². The molecule has 0 saturated heterocycles. The maximum absolute atomic E-state index is 11.7. The van der Waals surface area contributed by atoms with Crippen LogP contribution in [-0.2, 0) is 9.53 Å². The molecule has 0 radical (unpaired) electrons. The number of hydrogen-bond donors (Lipinski definition) is 2. The number of carboxylic acids is 1. The number of methoxy groups -OCH3 is 1. The molecule has 21 heavy (non-hydrogen) atoms. The fourth-order valence-corrected chi connectivity index (χ4v) is 2.91. The smallest absolute Gasteiger partial charge is 0.356 e. The summed E-state index contributed by atoms with van der Waals surface area (Å²) < 4.78 is 4.63. The van der Waals surface area contributed by atoms with Gasteiger partial charge in [0.15, 0.2) is 0 Å². The molecule has 1 aromatic rings. The van der Waals surface area contributed by atoms with Gasteiger partial charge in [0.1, 0.15) is 11.2 Å². The number of nitrogens with one attached hydrogen (secondary N) is 1. The van der Waals surface area contributed by atoms with Gasteiger partial charge in [0, 0.05) is 11.9 Å². The van der Waals surface area contributed by atoms with Crippen molar-refractivity contribution in [2.45, 2.75) is 38.1 Å². The molecule has 2 atom stereocenters. The minimum absolute atomic E-state index is 0.159. The van der Waals surface area contributed by atoms with Crippen LogP contribution < -0.4 is 5.32 Å². The van der Waals surface area contributed by atoms with Crippen LogP contribution in [0.4, 0.5) is 5.69 Å². The van der Waals surface area contributed by atoms with E-state index in [9.17, 15) is 14.7 Å². The summed E-state index contributed by atoms with van der Waals surface area (Å²) in [5.74, 6) is -1.05. The molecule has 2 rings (SSSR count). The molecular formula is C15H20N2O4. The molecule has 0 bridgehead atoms. The van der Waals surface area contributed by atoms with Crippen LogP contribution in [0, 0.1) is 5.92 Å². The molecule has 1 aliphatic carbocycles. The van der Waals surface area contributed by atoms with Gasteiger partial charge in [-0.1, -0.05) is 19.8 Å². The number of rotatable bonds is 4. The largest absolute Gasteiger partial charge is 0.480 e. The molecule has 6 nitrogen and oxygen atoms in total. The van der Waals surface area contributed by atoms with Crippen LogP contribution in [0.25, 0.3) is 0 Å². The number of carboxylic acid groups (broad SMARTS) is 1. The molecule has 1 aliphatic rings. The van der Waals surface area contributed by atoms with Gasteiger partial charge in [0.05, 0.1) is 7.11 Å². The van der Waals surface area contributed by atoms with Crippen LogP contribution in [0.3, 0.4) is 0 Å². The first-order chi connectivity index (χ1) is 9.97. The maximum atomic E-state index is 11.7. The fourth-order valence-electron chi connectivity index (χ4n) is 2.91. The standard InChI is InChI=1S/C15H20N2O4/c1-10-4-3-6-15(9-10,14(19)20)17-11-5-7-16-12(8-11)13(18)21-2/h5,7-8,10H,3-4,6,9H2,1-2H3,(H,16,17)(H,19,20). The number of pyridine rings is 1. The topological polar surface area (TPSA) is 88.5 Å². The zero-order valence-electron chi connectivity index (χ0n) is 12.3. The number of esters is 1. The third-order valence-corrected chi connectivity index (χ3v) is 3.94. The van der Waals surface area contributed by atoms with E-state index in [1.54, 1.807) is 6.07 Å². The molecule has 0 aliphatic heterocycles. The molecule has 0 amide bonds. The van der Waals surface area contributed by atoms with E-state index in [1.165, 1.54) is 19.4 Å². The first-order valence-corrected chi connectivity index (χ1v) is 7.03. The molecule has 0 aromatic carbocycles. The summed E-state index contributed by atoms with van der Waals surface area (Å²) >= 11 is 0. The Bertz CT molecular complexity index is 546. The lowest BCUT2D eigenvalue weighted by atomic mass is 9.76. The Morgan fingerprint density at radius 2 is 2.29 bits per heavy atom. The Labute approximate surface area is 123 Å². The van der Waals surface area contributed by atoms with Gasteiger partial charge in [-0.05, 0) is 30.9 Å². The first-order valence-electron chi connectivity index (χ1n) is 7.03. The highest BCUT2D eigenvalue weighted by molar-refractivity contribution is 5.89. The van der Waals surface area contributed by atoms with Crippen LogP contribution in [0.1, 0.15) is 43.1 Å². The highest BCUT2D eigenvalue weighted by Crippen LogP contribution is 2.35. The van der Waals surface area contributed by atoms with E-state index < -0.39 is 17.5 Å². The number of anilines is 1. The van der Waals surface area contributed by atoms with Crippen molar-refractivity contribution in [2.75, 3.05) is 12.4 Å². The van der Waals surface area contributed by atoms with E-state index in [1.807, 2.05) is 0 Å². The summed E-state index contributed by atoms with van der Waals surface area (Å²) in [5, 5.41) is 12.7. The minimum Gasteiger partial charge on any atom is -0.480 e. The quantitative estimate of drug-likeness (QED) is 0.828. The second-order valence-electron chi connectivity index (χ2n) is 5.64. The number of ether oxygens (including phenoxy) is 1. The number of carbonyl (C=O) groups excluding carboxylic acids is 1. The van der Waals surface area contributed by atoms with Gasteiger partial charge in [-0.15, -0.1) is 0 Å². The molecule has 1 saturated carbocycles. The summed E-state index contributed by atoms with van der Waals surface area (Å²) in [5.41, 5.74) is -0.249. The van der Waals surface area contributed by atoms with Crippen molar-refractivity contribution in [2.24, 2.45) is 5.92 Å². The second-order valence-corrected chi connectivity index (χ2v) is 5.64. The summed E-state index contributed by atoms with van der Waals surface area (Å²) in [7, 11) is 1.28. The number of carbonyl (C=O) groups is 2. The fraction of sp³-hybridized carbons (Fsp3) is 0.533. The third-order valence-electron chi connectivity index (χ3n) is 3.94. The molecule has 2 N–H and O–H groups in total. The molecular weight excluding hydrogens is 272 g/mol. The predicted molar refractivity (Wildman–Crippen MR) is 77.2 cm³/mol. The summed E-state index contributed by atoms with van der Waals surface area (Å²) in [6.45, 7) is 2.06. The molecule has 6 heteroatoms. The van der Waals surface area contributed by atoms with Crippen molar-refractivity contribution in [3.63, 3.8) is 0 Å². The van der Waals surface area contributed by atoms with Crippen LogP contribution >= 0.6 is 0 Å². The minimum atomic E-state index is -0.980. The van der Waals surface area contributed by atoms with E-state index in [4.69, 9.17) is 0 Å². The lowest BCUT2D eigenvalue weighted by Crippen LogP contribution is -2.49. The molecule has 2 unspecified atom stereocenters. The Balaban J connectivity index is 2.25. The van der Waals surface area contributed by atoms with Crippen molar-refractivity contribution in [3.8, 4) is 0 Å². The van der Waals surface area contributed by atoms with Crippen LogP contribution in [0.2, 0.25) is 0 Å². The van der Waals surface area contributed by atoms with Gasteiger partial charge in [-0.25, -0.2) is 14.6 Å². The zero-order valence-corrected chi connectivity index (χ0v) is 12.3. The van der Waals surface area contributed by atoms with Crippen LogP contribution in [0.5, 0.6) is 0 Å². The molecule has 1 heterocycles. The van der Waals surface area contributed by atoms with Gasteiger partial charge in [-0.3, -0.25) is 0 Å². The summed E-state index contributed by atoms with van der Waals surface area (Å²) in [4.78, 5) is 27.2. The first kappa shape index (κ1) is 15.3. The van der Waals surface area contributed by atoms with Gasteiger partial charge in [0.2, 0.25) is 0 Å². The van der Waals surface area contributed by atoms with Crippen molar-refractivity contribution in [1.29, 1.82) is 0 Å². The van der Waals surface area contributed by atoms with E-state index in [2.05, 4.69) is 22.0 Å². The number of aromatic nitrogens is 1. The predicted octanol–water partition coefficient (Wildman–Crippen LogP) is 2.31. The molecule has 1 fully saturated rings.